The maximum atomic E-state index is 12.9. The number of carbonyl (C=O) groups excluding carboxylic acids is 1. The third kappa shape index (κ3) is 4.49. The summed E-state index contributed by atoms with van der Waals surface area (Å²) >= 11 is 0. The van der Waals surface area contributed by atoms with Crippen molar-refractivity contribution in [2.45, 2.75) is 19.4 Å². The lowest BCUT2D eigenvalue weighted by molar-refractivity contribution is -0.120. The van der Waals surface area contributed by atoms with Crippen LogP contribution in [0.25, 0.3) is 0 Å². The summed E-state index contributed by atoms with van der Waals surface area (Å²) in [5.74, 6) is 0.684. The Kier molecular flexibility index (Phi) is 4.96. The Morgan fingerprint density at radius 3 is 2.54 bits per heavy atom. The van der Waals surface area contributed by atoms with Gasteiger partial charge in [0.1, 0.15) is 11.6 Å². The van der Waals surface area contributed by atoms with E-state index < -0.39 is 0 Å². The molecule has 0 aliphatic carbocycles. The van der Waals surface area contributed by atoms with Crippen molar-refractivity contribution in [2.24, 2.45) is 0 Å². The number of amides is 1. The fourth-order valence-corrected chi connectivity index (χ4v) is 2.29. The van der Waals surface area contributed by atoms with Crippen LogP contribution < -0.4 is 5.32 Å². The van der Waals surface area contributed by atoms with Gasteiger partial charge in [0.15, 0.2) is 5.82 Å². The fraction of sp³-hybridized carbons (Fsp3) is 0.167. The number of aromatic nitrogens is 3. The number of carbonyl (C=O) groups is 1. The molecule has 122 valence electrons. The number of nitrogens with one attached hydrogen (secondary N) is 2. The number of hydrogen-bond donors (Lipinski definition) is 2. The van der Waals surface area contributed by atoms with Crippen LogP contribution >= 0.6 is 0 Å². The molecule has 0 saturated heterocycles. The quantitative estimate of drug-likeness (QED) is 0.731. The van der Waals surface area contributed by atoms with Crippen molar-refractivity contribution < 1.29 is 9.18 Å². The van der Waals surface area contributed by atoms with E-state index in [9.17, 15) is 9.18 Å². The molecule has 0 radical (unpaired) electrons. The zero-order chi connectivity index (χ0) is 16.8. The van der Waals surface area contributed by atoms with Gasteiger partial charge in [0, 0.05) is 13.0 Å². The molecule has 0 saturated carbocycles. The van der Waals surface area contributed by atoms with E-state index in [1.165, 1.54) is 12.1 Å². The molecule has 2 aromatic carbocycles. The van der Waals surface area contributed by atoms with E-state index in [1.54, 1.807) is 12.1 Å². The van der Waals surface area contributed by atoms with Crippen molar-refractivity contribution in [1.29, 1.82) is 0 Å². The van der Waals surface area contributed by atoms with Crippen molar-refractivity contribution in [1.82, 2.24) is 20.5 Å². The Hall–Kier alpha value is -3.02. The van der Waals surface area contributed by atoms with Gasteiger partial charge in [-0.3, -0.25) is 9.89 Å². The zero-order valence-corrected chi connectivity index (χ0v) is 13.0. The monoisotopic (exact) mass is 324 g/mol. The SMILES string of the molecule is O=C(Cc1n[nH]c(Cc2ccc(F)cc2)n1)NCc1ccccc1. The van der Waals surface area contributed by atoms with Crippen molar-refractivity contribution >= 4 is 5.91 Å². The van der Waals surface area contributed by atoms with Crippen LogP contribution in [-0.4, -0.2) is 21.1 Å². The first-order valence-electron chi connectivity index (χ1n) is 7.64. The second-order valence-electron chi connectivity index (χ2n) is 5.44. The molecule has 1 amide bonds. The zero-order valence-electron chi connectivity index (χ0n) is 13.0. The summed E-state index contributed by atoms with van der Waals surface area (Å²) < 4.78 is 12.9. The minimum Gasteiger partial charge on any atom is -0.352 e. The molecule has 6 heteroatoms. The lowest BCUT2D eigenvalue weighted by atomic mass is 10.1. The Bertz CT molecular complexity index is 799. The summed E-state index contributed by atoms with van der Waals surface area (Å²) in [6.45, 7) is 0.479. The number of halogens is 1. The molecule has 24 heavy (non-hydrogen) atoms. The van der Waals surface area contributed by atoms with E-state index in [1.807, 2.05) is 30.3 Å². The largest absolute Gasteiger partial charge is 0.352 e. The second-order valence-corrected chi connectivity index (χ2v) is 5.44. The van der Waals surface area contributed by atoms with Crippen LogP contribution in [0, 0.1) is 5.82 Å². The molecule has 3 rings (SSSR count). The molecule has 5 nitrogen and oxygen atoms in total. The van der Waals surface area contributed by atoms with E-state index in [2.05, 4.69) is 20.5 Å². The van der Waals surface area contributed by atoms with Gasteiger partial charge in [-0.1, -0.05) is 42.5 Å². The summed E-state index contributed by atoms with van der Waals surface area (Å²) in [6, 6.07) is 15.9. The highest BCUT2D eigenvalue weighted by Crippen LogP contribution is 2.07. The van der Waals surface area contributed by atoms with Crippen LogP contribution in [0.3, 0.4) is 0 Å². The molecule has 0 aliphatic heterocycles. The van der Waals surface area contributed by atoms with E-state index in [0.717, 1.165) is 11.1 Å². The fourth-order valence-electron chi connectivity index (χ4n) is 2.29. The third-order valence-corrected chi connectivity index (χ3v) is 3.51. The van der Waals surface area contributed by atoms with Crippen LogP contribution in [-0.2, 0) is 24.2 Å². The maximum absolute atomic E-state index is 12.9. The van der Waals surface area contributed by atoms with E-state index >= 15 is 0 Å². The summed E-state index contributed by atoms with van der Waals surface area (Å²) in [5, 5.41) is 9.71. The molecule has 0 spiro atoms. The molecule has 0 fully saturated rings. The summed E-state index contributed by atoms with van der Waals surface area (Å²) in [7, 11) is 0. The number of H-pyrrole nitrogens is 1. The topological polar surface area (TPSA) is 70.7 Å². The Balaban J connectivity index is 1.51. The molecule has 3 aromatic rings. The Labute approximate surface area is 138 Å². The van der Waals surface area contributed by atoms with Crippen molar-refractivity contribution in [3.8, 4) is 0 Å². The van der Waals surface area contributed by atoms with Gasteiger partial charge in [-0.05, 0) is 23.3 Å². The molecule has 0 atom stereocenters. The van der Waals surface area contributed by atoms with Crippen molar-refractivity contribution in [2.75, 3.05) is 0 Å². The number of hydrogen-bond acceptors (Lipinski definition) is 3. The predicted molar refractivity (Wildman–Crippen MR) is 87.6 cm³/mol. The van der Waals surface area contributed by atoms with E-state index in [4.69, 9.17) is 0 Å². The molecule has 0 unspecified atom stereocenters. The van der Waals surface area contributed by atoms with Crippen LogP contribution in [0.5, 0.6) is 0 Å². The number of rotatable bonds is 6. The van der Waals surface area contributed by atoms with Gasteiger partial charge in [-0.25, -0.2) is 9.37 Å². The molecule has 2 N–H and O–H groups in total. The molecular weight excluding hydrogens is 307 g/mol. The number of aromatic amines is 1. The molecule has 0 bridgehead atoms. The average Bonchev–Trinajstić information content (AvgIpc) is 3.03. The molecule has 0 aliphatic rings. The second kappa shape index (κ2) is 7.50. The summed E-state index contributed by atoms with van der Waals surface area (Å²) in [5.41, 5.74) is 1.96. The van der Waals surface area contributed by atoms with Gasteiger partial charge in [0.25, 0.3) is 0 Å². The standard InChI is InChI=1S/C18H17FN4O/c19-15-8-6-13(7-9-15)10-16-21-17(23-22-16)11-18(24)20-12-14-4-2-1-3-5-14/h1-9H,10-12H2,(H,20,24)(H,21,22,23). The van der Waals surface area contributed by atoms with Crippen LogP contribution in [0.15, 0.2) is 54.6 Å². The van der Waals surface area contributed by atoms with E-state index in [-0.39, 0.29) is 18.1 Å². The van der Waals surface area contributed by atoms with Gasteiger partial charge < -0.3 is 5.32 Å². The molecule has 1 aromatic heterocycles. The van der Waals surface area contributed by atoms with Crippen LogP contribution in [0.4, 0.5) is 4.39 Å². The highest BCUT2D eigenvalue weighted by atomic mass is 19.1. The minimum atomic E-state index is -0.271. The summed E-state index contributed by atoms with van der Waals surface area (Å²) in [4.78, 5) is 16.2. The predicted octanol–water partition coefficient (Wildman–Crippen LogP) is 2.39. The minimum absolute atomic E-state index is 0.118. The van der Waals surface area contributed by atoms with Crippen molar-refractivity contribution in [3.63, 3.8) is 0 Å². The third-order valence-electron chi connectivity index (χ3n) is 3.51. The Morgan fingerprint density at radius 2 is 1.79 bits per heavy atom. The van der Waals surface area contributed by atoms with Crippen LogP contribution in [0.1, 0.15) is 22.8 Å². The smallest absolute Gasteiger partial charge is 0.228 e. The van der Waals surface area contributed by atoms with E-state index in [0.29, 0.717) is 24.6 Å². The van der Waals surface area contributed by atoms with Gasteiger partial charge in [-0.2, -0.15) is 5.10 Å². The molecular formula is C18H17FN4O. The van der Waals surface area contributed by atoms with Gasteiger partial charge >= 0.3 is 0 Å². The van der Waals surface area contributed by atoms with Crippen LogP contribution in [0.2, 0.25) is 0 Å². The first kappa shape index (κ1) is 15.9. The first-order valence-corrected chi connectivity index (χ1v) is 7.64. The van der Waals surface area contributed by atoms with Gasteiger partial charge in [0.2, 0.25) is 5.91 Å². The number of nitrogens with zero attached hydrogens (tertiary/aromatic N) is 2. The average molecular weight is 324 g/mol. The van der Waals surface area contributed by atoms with Gasteiger partial charge in [0.05, 0.1) is 6.42 Å². The highest BCUT2D eigenvalue weighted by molar-refractivity contribution is 5.77. The summed E-state index contributed by atoms with van der Waals surface area (Å²) in [6.07, 6.45) is 0.631. The maximum Gasteiger partial charge on any atom is 0.228 e. The molecule has 1 heterocycles. The number of benzene rings is 2. The Morgan fingerprint density at radius 1 is 1.04 bits per heavy atom. The lowest BCUT2D eigenvalue weighted by Gasteiger charge is -2.03. The normalized spacial score (nSPS) is 10.5. The lowest BCUT2D eigenvalue weighted by Crippen LogP contribution is -2.25. The van der Waals surface area contributed by atoms with Crippen molar-refractivity contribution in [3.05, 3.63) is 83.2 Å². The first-order chi connectivity index (χ1) is 11.7. The highest BCUT2D eigenvalue weighted by Gasteiger charge is 2.09. The van der Waals surface area contributed by atoms with Gasteiger partial charge in [-0.15, -0.1) is 0 Å².